The Morgan fingerprint density at radius 2 is 1.90 bits per heavy atom. The van der Waals surface area contributed by atoms with Gasteiger partial charge in [-0.1, -0.05) is 17.7 Å². The lowest BCUT2D eigenvalue weighted by Crippen LogP contribution is -2.17. The van der Waals surface area contributed by atoms with Crippen LogP contribution in [-0.2, 0) is 0 Å². The lowest BCUT2D eigenvalue weighted by atomic mass is 10.1. The number of amides is 1. The highest BCUT2D eigenvalue weighted by atomic mass is 35.5. The molecule has 0 aliphatic carbocycles. The predicted octanol–water partition coefficient (Wildman–Crippen LogP) is 3.67. The third kappa shape index (κ3) is 2.81. The van der Waals surface area contributed by atoms with Crippen LogP contribution in [0, 0.1) is 6.92 Å². The Hall–Kier alpha value is -2.20. The Kier molecular flexibility index (Phi) is 3.71. The summed E-state index contributed by atoms with van der Waals surface area (Å²) in [7, 11) is 0. The van der Waals surface area contributed by atoms with E-state index in [4.69, 9.17) is 21.1 Å². The SMILES string of the molecule is Cc1c(Cl)cccc1NC(=O)c1ccc2c(c1)OCCO2. The van der Waals surface area contributed by atoms with Crippen molar-refractivity contribution >= 4 is 23.2 Å². The quantitative estimate of drug-likeness (QED) is 0.921. The molecule has 0 unspecified atom stereocenters. The van der Waals surface area contributed by atoms with Gasteiger partial charge in [0.2, 0.25) is 0 Å². The molecule has 21 heavy (non-hydrogen) atoms. The maximum Gasteiger partial charge on any atom is 0.255 e. The van der Waals surface area contributed by atoms with Gasteiger partial charge in [-0.15, -0.1) is 0 Å². The monoisotopic (exact) mass is 303 g/mol. The highest BCUT2D eigenvalue weighted by Crippen LogP contribution is 2.31. The van der Waals surface area contributed by atoms with Crippen LogP contribution in [0.4, 0.5) is 5.69 Å². The maximum absolute atomic E-state index is 12.3. The van der Waals surface area contributed by atoms with E-state index in [0.717, 1.165) is 5.56 Å². The second-order valence-electron chi connectivity index (χ2n) is 4.72. The molecule has 0 saturated carbocycles. The third-order valence-corrected chi connectivity index (χ3v) is 3.73. The first kappa shape index (κ1) is 13.8. The van der Waals surface area contributed by atoms with Crippen molar-refractivity contribution in [2.45, 2.75) is 6.92 Å². The minimum atomic E-state index is -0.211. The van der Waals surface area contributed by atoms with E-state index in [2.05, 4.69) is 5.32 Å². The summed E-state index contributed by atoms with van der Waals surface area (Å²) in [6, 6.07) is 10.5. The zero-order valence-electron chi connectivity index (χ0n) is 11.5. The van der Waals surface area contributed by atoms with Crippen LogP contribution in [0.5, 0.6) is 11.5 Å². The predicted molar refractivity (Wildman–Crippen MR) is 81.6 cm³/mol. The van der Waals surface area contributed by atoms with Crippen molar-refractivity contribution in [1.82, 2.24) is 0 Å². The standard InChI is InChI=1S/C16H14ClNO3/c1-10-12(17)3-2-4-13(10)18-16(19)11-5-6-14-15(9-11)21-8-7-20-14/h2-6,9H,7-8H2,1H3,(H,18,19). The van der Waals surface area contributed by atoms with Crippen LogP contribution in [0.15, 0.2) is 36.4 Å². The van der Waals surface area contributed by atoms with Crippen molar-refractivity contribution in [3.63, 3.8) is 0 Å². The molecule has 0 fully saturated rings. The molecule has 2 aromatic rings. The summed E-state index contributed by atoms with van der Waals surface area (Å²) in [6.45, 7) is 2.88. The Morgan fingerprint density at radius 3 is 2.71 bits per heavy atom. The Bertz CT molecular complexity index is 700. The largest absolute Gasteiger partial charge is 0.486 e. The fraction of sp³-hybridized carbons (Fsp3) is 0.188. The Balaban J connectivity index is 1.84. The second kappa shape index (κ2) is 5.66. The number of anilines is 1. The summed E-state index contributed by atoms with van der Waals surface area (Å²) in [5, 5.41) is 3.47. The number of hydrogen-bond acceptors (Lipinski definition) is 3. The van der Waals surface area contributed by atoms with Crippen LogP contribution < -0.4 is 14.8 Å². The molecule has 0 saturated heterocycles. The molecule has 3 rings (SSSR count). The van der Waals surface area contributed by atoms with Crippen LogP contribution in [0.2, 0.25) is 5.02 Å². The Labute approximate surface area is 127 Å². The van der Waals surface area contributed by atoms with Crippen LogP contribution >= 0.6 is 11.6 Å². The van der Waals surface area contributed by atoms with Gasteiger partial charge in [-0.3, -0.25) is 4.79 Å². The molecule has 0 bridgehead atoms. The summed E-state index contributed by atoms with van der Waals surface area (Å²) < 4.78 is 10.9. The number of carbonyl (C=O) groups excluding carboxylic acids is 1. The molecule has 4 nitrogen and oxygen atoms in total. The van der Waals surface area contributed by atoms with Gasteiger partial charge >= 0.3 is 0 Å². The van der Waals surface area contributed by atoms with Gasteiger partial charge in [0.25, 0.3) is 5.91 Å². The van der Waals surface area contributed by atoms with Gasteiger partial charge < -0.3 is 14.8 Å². The van der Waals surface area contributed by atoms with Crippen molar-refractivity contribution in [2.24, 2.45) is 0 Å². The minimum Gasteiger partial charge on any atom is -0.486 e. The zero-order valence-corrected chi connectivity index (χ0v) is 12.2. The number of hydrogen-bond donors (Lipinski definition) is 1. The van der Waals surface area contributed by atoms with E-state index in [9.17, 15) is 4.79 Å². The normalized spacial score (nSPS) is 12.9. The van der Waals surface area contributed by atoms with Crippen molar-refractivity contribution in [3.8, 4) is 11.5 Å². The summed E-state index contributed by atoms with van der Waals surface area (Å²) in [5.74, 6) is 1.05. The summed E-state index contributed by atoms with van der Waals surface area (Å²) in [5.41, 5.74) is 2.05. The number of benzene rings is 2. The average Bonchev–Trinajstić information content (AvgIpc) is 2.51. The molecular weight excluding hydrogens is 290 g/mol. The van der Waals surface area contributed by atoms with E-state index in [1.54, 1.807) is 30.3 Å². The number of ether oxygens (including phenoxy) is 2. The molecule has 0 spiro atoms. The second-order valence-corrected chi connectivity index (χ2v) is 5.13. The van der Waals surface area contributed by atoms with Crippen molar-refractivity contribution in [1.29, 1.82) is 0 Å². The van der Waals surface area contributed by atoms with Gasteiger partial charge in [0.1, 0.15) is 13.2 Å². The first-order valence-electron chi connectivity index (χ1n) is 6.61. The topological polar surface area (TPSA) is 47.6 Å². The molecule has 5 heteroatoms. The highest BCUT2D eigenvalue weighted by Gasteiger charge is 2.15. The van der Waals surface area contributed by atoms with E-state index >= 15 is 0 Å². The maximum atomic E-state index is 12.3. The van der Waals surface area contributed by atoms with Gasteiger partial charge in [-0.2, -0.15) is 0 Å². The van der Waals surface area contributed by atoms with Gasteiger partial charge in [-0.05, 0) is 42.8 Å². The molecule has 2 aromatic carbocycles. The molecular formula is C16H14ClNO3. The fourth-order valence-corrected chi connectivity index (χ4v) is 2.30. The average molecular weight is 304 g/mol. The number of halogens is 1. The van der Waals surface area contributed by atoms with Crippen LogP contribution in [-0.4, -0.2) is 19.1 Å². The molecule has 0 aromatic heterocycles. The molecule has 1 aliphatic rings. The number of carbonyl (C=O) groups is 1. The molecule has 1 amide bonds. The number of nitrogens with one attached hydrogen (secondary N) is 1. The van der Waals surface area contributed by atoms with Crippen LogP contribution in [0.25, 0.3) is 0 Å². The van der Waals surface area contributed by atoms with Crippen molar-refractivity contribution < 1.29 is 14.3 Å². The number of rotatable bonds is 2. The zero-order chi connectivity index (χ0) is 14.8. The minimum absolute atomic E-state index is 0.211. The van der Waals surface area contributed by atoms with Gasteiger partial charge in [0.15, 0.2) is 11.5 Å². The smallest absolute Gasteiger partial charge is 0.255 e. The van der Waals surface area contributed by atoms with E-state index in [1.807, 2.05) is 13.0 Å². The van der Waals surface area contributed by atoms with Gasteiger partial charge in [-0.25, -0.2) is 0 Å². The molecule has 1 N–H and O–H groups in total. The molecule has 1 aliphatic heterocycles. The lowest BCUT2D eigenvalue weighted by Gasteiger charge is -2.18. The van der Waals surface area contributed by atoms with Crippen molar-refractivity contribution in [2.75, 3.05) is 18.5 Å². The van der Waals surface area contributed by atoms with E-state index in [0.29, 0.717) is 41.0 Å². The Morgan fingerprint density at radius 1 is 1.14 bits per heavy atom. The summed E-state index contributed by atoms with van der Waals surface area (Å²) in [6.07, 6.45) is 0. The third-order valence-electron chi connectivity index (χ3n) is 3.32. The first-order valence-corrected chi connectivity index (χ1v) is 6.99. The van der Waals surface area contributed by atoms with Crippen LogP contribution in [0.1, 0.15) is 15.9 Å². The highest BCUT2D eigenvalue weighted by molar-refractivity contribution is 6.31. The molecule has 108 valence electrons. The summed E-state index contributed by atoms with van der Waals surface area (Å²) >= 11 is 6.05. The number of fused-ring (bicyclic) bond motifs is 1. The van der Waals surface area contributed by atoms with E-state index in [-0.39, 0.29) is 5.91 Å². The molecule has 1 heterocycles. The van der Waals surface area contributed by atoms with Crippen LogP contribution in [0.3, 0.4) is 0 Å². The lowest BCUT2D eigenvalue weighted by molar-refractivity contribution is 0.102. The molecule has 0 atom stereocenters. The molecule has 0 radical (unpaired) electrons. The van der Waals surface area contributed by atoms with Gasteiger partial charge in [0, 0.05) is 16.3 Å². The summed E-state index contributed by atoms with van der Waals surface area (Å²) in [4.78, 5) is 12.3. The van der Waals surface area contributed by atoms with Crippen molar-refractivity contribution in [3.05, 3.63) is 52.5 Å². The van der Waals surface area contributed by atoms with E-state index in [1.165, 1.54) is 0 Å². The van der Waals surface area contributed by atoms with Gasteiger partial charge in [0.05, 0.1) is 0 Å². The first-order chi connectivity index (χ1) is 10.1. The fourth-order valence-electron chi connectivity index (χ4n) is 2.12. The van der Waals surface area contributed by atoms with E-state index < -0.39 is 0 Å².